The molecule has 2 rings (SSSR count). The SMILES string of the molecule is Cc1ccccc1[Si](C)(Cl)c1cccc(C)c1C. The molecule has 2 heteroatoms. The minimum atomic E-state index is -2.10. The van der Waals surface area contributed by atoms with Gasteiger partial charge < -0.3 is 0 Å². The van der Waals surface area contributed by atoms with Gasteiger partial charge in [0.1, 0.15) is 0 Å². The molecule has 0 nitrogen and oxygen atoms in total. The van der Waals surface area contributed by atoms with E-state index in [1.54, 1.807) is 0 Å². The molecule has 2 aromatic carbocycles. The van der Waals surface area contributed by atoms with Crippen LogP contribution in [0.25, 0.3) is 0 Å². The summed E-state index contributed by atoms with van der Waals surface area (Å²) in [4.78, 5) is 0. The monoisotopic (exact) mass is 274 g/mol. The fourth-order valence-electron chi connectivity index (χ4n) is 2.50. The summed E-state index contributed by atoms with van der Waals surface area (Å²) in [6, 6.07) is 14.9. The highest BCUT2D eigenvalue weighted by molar-refractivity contribution is 7.33. The van der Waals surface area contributed by atoms with Gasteiger partial charge in [-0.2, -0.15) is 11.1 Å². The maximum absolute atomic E-state index is 7.01. The minimum Gasteiger partial charge on any atom is -0.155 e. The predicted octanol–water partition coefficient (Wildman–Crippen LogP) is 3.54. The van der Waals surface area contributed by atoms with Crippen molar-refractivity contribution in [3.05, 3.63) is 59.2 Å². The average molecular weight is 275 g/mol. The van der Waals surface area contributed by atoms with E-state index in [0.717, 1.165) is 0 Å². The standard InChI is InChI=1S/C16H19ClSi/c1-12-9-7-11-16(14(12)3)18(4,17)15-10-6-5-8-13(15)2/h5-11H,1-4H3. The van der Waals surface area contributed by atoms with Crippen LogP contribution in [0.15, 0.2) is 42.5 Å². The van der Waals surface area contributed by atoms with Gasteiger partial charge in [-0.1, -0.05) is 48.0 Å². The molecule has 0 saturated carbocycles. The molecule has 0 spiro atoms. The third-order valence-electron chi connectivity index (χ3n) is 3.76. The van der Waals surface area contributed by atoms with E-state index in [1.807, 2.05) is 0 Å². The highest BCUT2D eigenvalue weighted by atomic mass is 35.6. The van der Waals surface area contributed by atoms with Gasteiger partial charge in [0.05, 0.1) is 0 Å². The lowest BCUT2D eigenvalue weighted by Gasteiger charge is -2.25. The van der Waals surface area contributed by atoms with Crippen LogP contribution in [0.1, 0.15) is 16.7 Å². The second kappa shape index (κ2) is 4.91. The van der Waals surface area contributed by atoms with E-state index in [-0.39, 0.29) is 0 Å². The summed E-state index contributed by atoms with van der Waals surface area (Å²) in [6.45, 7) is 8.70. The van der Waals surface area contributed by atoms with E-state index >= 15 is 0 Å². The fraction of sp³-hybridized carbons (Fsp3) is 0.250. The topological polar surface area (TPSA) is 0 Å². The molecule has 0 aromatic heterocycles. The largest absolute Gasteiger partial charge is 0.214 e. The third kappa shape index (κ3) is 2.25. The second-order valence-electron chi connectivity index (χ2n) is 5.07. The molecule has 0 heterocycles. The van der Waals surface area contributed by atoms with Crippen LogP contribution in [0.3, 0.4) is 0 Å². The van der Waals surface area contributed by atoms with Crippen LogP contribution in [0.5, 0.6) is 0 Å². The van der Waals surface area contributed by atoms with Crippen molar-refractivity contribution in [2.45, 2.75) is 27.3 Å². The van der Waals surface area contributed by atoms with Crippen LogP contribution in [0.2, 0.25) is 6.55 Å². The first-order valence-corrected chi connectivity index (χ1v) is 9.77. The first-order chi connectivity index (χ1) is 8.44. The van der Waals surface area contributed by atoms with Gasteiger partial charge in [0.25, 0.3) is 0 Å². The zero-order valence-electron chi connectivity index (χ0n) is 11.4. The molecule has 0 aliphatic heterocycles. The van der Waals surface area contributed by atoms with Gasteiger partial charge in [0, 0.05) is 0 Å². The third-order valence-corrected chi connectivity index (χ3v) is 8.11. The molecule has 0 saturated heterocycles. The molecule has 94 valence electrons. The van der Waals surface area contributed by atoms with E-state index < -0.39 is 7.38 Å². The van der Waals surface area contributed by atoms with Crippen molar-refractivity contribution in [1.82, 2.24) is 0 Å². The first-order valence-electron chi connectivity index (χ1n) is 6.26. The van der Waals surface area contributed by atoms with Crippen LogP contribution in [0.4, 0.5) is 0 Å². The minimum absolute atomic E-state index is 1.29. The molecule has 0 aliphatic carbocycles. The van der Waals surface area contributed by atoms with Crippen LogP contribution in [-0.4, -0.2) is 7.38 Å². The molecule has 2 aromatic rings. The lowest BCUT2D eigenvalue weighted by molar-refractivity contribution is 1.36. The van der Waals surface area contributed by atoms with Gasteiger partial charge in [0.2, 0.25) is 7.38 Å². The molecule has 0 N–H and O–H groups in total. The Balaban J connectivity index is 2.62. The van der Waals surface area contributed by atoms with Gasteiger partial charge in [-0.05, 0) is 48.8 Å². The van der Waals surface area contributed by atoms with E-state index in [1.165, 1.54) is 27.1 Å². The molecule has 1 atom stereocenters. The first kappa shape index (κ1) is 13.4. The molecule has 0 aliphatic rings. The van der Waals surface area contributed by atoms with Gasteiger partial charge in [0.15, 0.2) is 0 Å². The maximum Gasteiger partial charge on any atom is 0.214 e. The van der Waals surface area contributed by atoms with Gasteiger partial charge in [-0.15, -0.1) is 0 Å². The summed E-state index contributed by atoms with van der Waals surface area (Å²) in [5.41, 5.74) is 3.95. The van der Waals surface area contributed by atoms with Crippen molar-refractivity contribution in [3.8, 4) is 0 Å². The Hall–Kier alpha value is -1.05. The normalized spacial score (nSPS) is 14.3. The Morgan fingerprint density at radius 2 is 1.33 bits per heavy atom. The molecule has 0 amide bonds. The summed E-state index contributed by atoms with van der Waals surface area (Å²) in [6.07, 6.45) is 0. The number of halogens is 1. The van der Waals surface area contributed by atoms with Crippen LogP contribution < -0.4 is 10.4 Å². The quantitative estimate of drug-likeness (QED) is 0.580. The average Bonchev–Trinajstić information content (AvgIpc) is 2.32. The number of benzene rings is 2. The summed E-state index contributed by atoms with van der Waals surface area (Å²) in [7, 11) is -2.10. The molecule has 18 heavy (non-hydrogen) atoms. The zero-order valence-corrected chi connectivity index (χ0v) is 13.2. The summed E-state index contributed by atoms with van der Waals surface area (Å²) in [5.74, 6) is 0. The van der Waals surface area contributed by atoms with Crippen molar-refractivity contribution >= 4 is 28.8 Å². The Morgan fingerprint density at radius 3 is 2.00 bits per heavy atom. The molecular formula is C16H19ClSi. The van der Waals surface area contributed by atoms with Crippen molar-refractivity contribution < 1.29 is 0 Å². The van der Waals surface area contributed by atoms with Gasteiger partial charge in [-0.3, -0.25) is 0 Å². The molecule has 0 radical (unpaired) electrons. The smallest absolute Gasteiger partial charge is 0.155 e. The Kier molecular flexibility index (Phi) is 3.65. The van der Waals surface area contributed by atoms with E-state index in [9.17, 15) is 0 Å². The van der Waals surface area contributed by atoms with Crippen molar-refractivity contribution in [3.63, 3.8) is 0 Å². The van der Waals surface area contributed by atoms with Gasteiger partial charge in [-0.25, -0.2) is 0 Å². The zero-order chi connectivity index (χ0) is 13.3. The Labute approximate surface area is 115 Å². The molecule has 0 bridgehead atoms. The fourth-order valence-corrected chi connectivity index (χ4v) is 6.59. The Bertz CT molecular complexity index is 573. The lowest BCUT2D eigenvalue weighted by Crippen LogP contribution is -2.53. The van der Waals surface area contributed by atoms with E-state index in [2.05, 4.69) is 69.8 Å². The van der Waals surface area contributed by atoms with Crippen LogP contribution >= 0.6 is 11.1 Å². The lowest BCUT2D eigenvalue weighted by atomic mass is 10.1. The highest BCUT2D eigenvalue weighted by Gasteiger charge is 2.32. The maximum atomic E-state index is 7.01. The summed E-state index contributed by atoms with van der Waals surface area (Å²) < 4.78 is 0. The molecule has 0 fully saturated rings. The second-order valence-corrected chi connectivity index (χ2v) is 10.4. The van der Waals surface area contributed by atoms with Crippen LogP contribution in [-0.2, 0) is 0 Å². The summed E-state index contributed by atoms with van der Waals surface area (Å²) in [5, 5.41) is 2.65. The summed E-state index contributed by atoms with van der Waals surface area (Å²) >= 11 is 7.01. The Morgan fingerprint density at radius 1 is 0.778 bits per heavy atom. The van der Waals surface area contributed by atoms with Crippen molar-refractivity contribution in [2.75, 3.05) is 0 Å². The predicted molar refractivity (Wildman–Crippen MR) is 83.8 cm³/mol. The van der Waals surface area contributed by atoms with Crippen LogP contribution in [0, 0.1) is 20.8 Å². The van der Waals surface area contributed by atoms with E-state index in [0.29, 0.717) is 0 Å². The van der Waals surface area contributed by atoms with Crippen molar-refractivity contribution in [1.29, 1.82) is 0 Å². The van der Waals surface area contributed by atoms with Crippen molar-refractivity contribution in [2.24, 2.45) is 0 Å². The van der Waals surface area contributed by atoms with E-state index in [4.69, 9.17) is 11.1 Å². The number of hydrogen-bond donors (Lipinski definition) is 0. The molecular weight excluding hydrogens is 256 g/mol. The molecule has 1 unspecified atom stereocenters. The number of hydrogen-bond acceptors (Lipinski definition) is 0. The number of aryl methyl sites for hydroxylation is 2. The number of rotatable bonds is 2. The van der Waals surface area contributed by atoms with Gasteiger partial charge >= 0.3 is 0 Å². The highest BCUT2D eigenvalue weighted by Crippen LogP contribution is 2.16.